The predicted octanol–water partition coefficient (Wildman–Crippen LogP) is 0.474. The Hall–Kier alpha value is -0.300. The fraction of sp³-hybridized carbons (Fsp3) is 0.929. The Kier molecular flexibility index (Phi) is 4.55. The second-order valence-corrected chi connectivity index (χ2v) is 7.31. The van der Waals surface area contributed by atoms with Gasteiger partial charge in [-0.1, -0.05) is 11.8 Å². The number of nitrogens with one attached hydrogen (secondary N) is 1. The molecule has 3 aliphatic heterocycles. The summed E-state index contributed by atoms with van der Waals surface area (Å²) in [7, 11) is 4.42. The highest BCUT2D eigenvalue weighted by atomic mass is 32.2. The monoisotopic (exact) mass is 298 g/mol. The third kappa shape index (κ3) is 3.30. The number of thioether (sulfide) groups is 1. The lowest BCUT2D eigenvalue weighted by Crippen LogP contribution is -2.51. The summed E-state index contributed by atoms with van der Waals surface area (Å²) in [4.78, 5) is 9.68. The molecule has 3 saturated heterocycles. The van der Waals surface area contributed by atoms with Gasteiger partial charge in [0.15, 0.2) is 5.17 Å². The van der Waals surface area contributed by atoms with Crippen LogP contribution in [0.15, 0.2) is 4.99 Å². The molecule has 3 fully saturated rings. The maximum absolute atomic E-state index is 5.47. The van der Waals surface area contributed by atoms with E-state index in [0.717, 1.165) is 56.6 Å². The summed E-state index contributed by atoms with van der Waals surface area (Å²) in [6, 6.07) is 0.551. The first kappa shape index (κ1) is 14.6. The van der Waals surface area contributed by atoms with Gasteiger partial charge in [0, 0.05) is 44.6 Å². The number of hydrogen-bond acceptors (Lipinski definition) is 5. The fourth-order valence-corrected chi connectivity index (χ4v) is 4.34. The molecule has 0 aliphatic carbocycles. The molecule has 3 heterocycles. The quantitative estimate of drug-likeness (QED) is 0.803. The van der Waals surface area contributed by atoms with Crippen molar-refractivity contribution in [2.75, 3.05) is 59.2 Å². The van der Waals surface area contributed by atoms with E-state index in [0.29, 0.717) is 6.04 Å². The summed E-state index contributed by atoms with van der Waals surface area (Å²) in [5.74, 6) is 1.15. The second kappa shape index (κ2) is 6.22. The van der Waals surface area contributed by atoms with Crippen LogP contribution in [0.25, 0.3) is 0 Å². The Morgan fingerprint density at radius 1 is 1.35 bits per heavy atom. The maximum atomic E-state index is 5.47. The molecule has 5 nitrogen and oxygen atoms in total. The molecule has 0 radical (unpaired) electrons. The largest absolute Gasteiger partial charge is 0.381 e. The summed E-state index contributed by atoms with van der Waals surface area (Å²) in [5.41, 5.74) is 0.261. The molecule has 0 aromatic rings. The van der Waals surface area contributed by atoms with Crippen LogP contribution in [-0.4, -0.2) is 85.8 Å². The molecule has 3 rings (SSSR count). The van der Waals surface area contributed by atoms with Gasteiger partial charge in [-0.2, -0.15) is 0 Å². The van der Waals surface area contributed by atoms with E-state index in [1.807, 2.05) is 11.8 Å². The highest BCUT2D eigenvalue weighted by molar-refractivity contribution is 8.14. The van der Waals surface area contributed by atoms with Crippen LogP contribution in [0.3, 0.4) is 0 Å². The Bertz CT molecular complexity index is 370. The van der Waals surface area contributed by atoms with E-state index in [1.54, 1.807) is 0 Å². The minimum absolute atomic E-state index is 0.261. The van der Waals surface area contributed by atoms with Crippen molar-refractivity contribution >= 4 is 16.9 Å². The molecule has 114 valence electrons. The summed E-state index contributed by atoms with van der Waals surface area (Å²) < 4.78 is 5.47. The molecule has 6 heteroatoms. The van der Waals surface area contributed by atoms with Crippen molar-refractivity contribution < 1.29 is 4.74 Å². The van der Waals surface area contributed by atoms with Crippen LogP contribution in [-0.2, 0) is 4.74 Å². The highest BCUT2D eigenvalue weighted by Crippen LogP contribution is 2.31. The number of likely N-dealkylation sites (N-methyl/N-ethyl adjacent to an activating group) is 2. The molecule has 0 bridgehead atoms. The van der Waals surface area contributed by atoms with Crippen LogP contribution in [0.2, 0.25) is 0 Å². The number of piperazine rings is 1. The minimum atomic E-state index is 0.261. The molecule has 1 N–H and O–H groups in total. The predicted molar refractivity (Wildman–Crippen MR) is 84.6 cm³/mol. The van der Waals surface area contributed by atoms with Crippen molar-refractivity contribution in [2.45, 2.75) is 24.4 Å². The molecule has 3 aliphatic rings. The number of rotatable bonds is 2. The zero-order chi connectivity index (χ0) is 14.0. The van der Waals surface area contributed by atoms with Crippen molar-refractivity contribution in [1.82, 2.24) is 15.1 Å². The van der Waals surface area contributed by atoms with Crippen molar-refractivity contribution in [1.29, 1.82) is 0 Å². The van der Waals surface area contributed by atoms with E-state index in [1.165, 1.54) is 6.54 Å². The zero-order valence-electron chi connectivity index (χ0n) is 12.6. The van der Waals surface area contributed by atoms with E-state index in [9.17, 15) is 0 Å². The molecule has 1 spiro atoms. The van der Waals surface area contributed by atoms with Gasteiger partial charge in [-0.15, -0.1) is 0 Å². The first-order valence-corrected chi connectivity index (χ1v) is 8.57. The summed E-state index contributed by atoms with van der Waals surface area (Å²) >= 11 is 1.89. The Morgan fingerprint density at radius 3 is 2.95 bits per heavy atom. The van der Waals surface area contributed by atoms with Crippen LogP contribution < -0.4 is 5.32 Å². The van der Waals surface area contributed by atoms with Crippen LogP contribution >= 0.6 is 11.8 Å². The van der Waals surface area contributed by atoms with Crippen molar-refractivity contribution in [3.05, 3.63) is 0 Å². The normalized spacial score (nSPS) is 33.7. The van der Waals surface area contributed by atoms with Gasteiger partial charge in [-0.3, -0.25) is 9.89 Å². The van der Waals surface area contributed by atoms with Crippen LogP contribution in [0.1, 0.15) is 12.8 Å². The SMILES string of the molecule is CN1CCN(C)C(CN=C2NC3(CCOCC3)CS2)C1. The molecule has 0 saturated carbocycles. The third-order valence-corrected chi connectivity index (χ3v) is 5.93. The lowest BCUT2D eigenvalue weighted by Gasteiger charge is -2.37. The average molecular weight is 298 g/mol. The van der Waals surface area contributed by atoms with Crippen LogP contribution in [0, 0.1) is 0 Å². The fourth-order valence-electron chi connectivity index (χ4n) is 3.11. The summed E-state index contributed by atoms with van der Waals surface area (Å²) in [5, 5.41) is 4.82. The van der Waals surface area contributed by atoms with Gasteiger partial charge >= 0.3 is 0 Å². The first-order chi connectivity index (χ1) is 9.67. The zero-order valence-corrected chi connectivity index (χ0v) is 13.4. The van der Waals surface area contributed by atoms with Crippen LogP contribution in [0.4, 0.5) is 0 Å². The molecule has 20 heavy (non-hydrogen) atoms. The van der Waals surface area contributed by atoms with E-state index < -0.39 is 0 Å². The Morgan fingerprint density at radius 2 is 2.15 bits per heavy atom. The smallest absolute Gasteiger partial charge is 0.157 e. The molecule has 1 unspecified atom stereocenters. The van der Waals surface area contributed by atoms with Gasteiger partial charge in [0.1, 0.15) is 0 Å². The molecule has 0 amide bonds. The Balaban J connectivity index is 1.54. The van der Waals surface area contributed by atoms with Crippen molar-refractivity contribution in [3.63, 3.8) is 0 Å². The topological polar surface area (TPSA) is 40.1 Å². The number of nitrogens with zero attached hydrogens (tertiary/aromatic N) is 3. The molecule has 1 atom stereocenters. The van der Waals surface area contributed by atoms with Gasteiger partial charge in [0.05, 0.1) is 12.1 Å². The average Bonchev–Trinajstić information content (AvgIpc) is 2.84. The van der Waals surface area contributed by atoms with E-state index in [4.69, 9.17) is 9.73 Å². The van der Waals surface area contributed by atoms with Crippen LogP contribution in [0.5, 0.6) is 0 Å². The number of amidine groups is 1. The number of ether oxygens (including phenoxy) is 1. The van der Waals surface area contributed by atoms with Gasteiger partial charge in [-0.25, -0.2) is 0 Å². The van der Waals surface area contributed by atoms with Gasteiger partial charge in [-0.05, 0) is 26.9 Å². The minimum Gasteiger partial charge on any atom is -0.381 e. The van der Waals surface area contributed by atoms with Gasteiger partial charge in [0.2, 0.25) is 0 Å². The third-order valence-electron chi connectivity index (χ3n) is 4.73. The van der Waals surface area contributed by atoms with Gasteiger partial charge in [0.25, 0.3) is 0 Å². The Labute approximate surface area is 126 Å². The standard InChI is InChI=1S/C14H26N4OS/c1-17-5-6-18(2)12(10-17)9-15-13-16-14(11-20-13)3-7-19-8-4-14/h12H,3-11H2,1-2H3,(H,15,16). The lowest BCUT2D eigenvalue weighted by molar-refractivity contribution is 0.0555. The maximum Gasteiger partial charge on any atom is 0.157 e. The first-order valence-electron chi connectivity index (χ1n) is 7.59. The van der Waals surface area contributed by atoms with E-state index in [-0.39, 0.29) is 5.54 Å². The number of aliphatic imine (C=N–C) groups is 1. The summed E-state index contributed by atoms with van der Waals surface area (Å²) in [6.07, 6.45) is 2.23. The number of hydrogen-bond donors (Lipinski definition) is 1. The molecular weight excluding hydrogens is 272 g/mol. The summed E-state index contributed by atoms with van der Waals surface area (Å²) in [6.45, 7) is 6.11. The van der Waals surface area contributed by atoms with E-state index >= 15 is 0 Å². The van der Waals surface area contributed by atoms with E-state index in [2.05, 4.69) is 29.2 Å². The lowest BCUT2D eigenvalue weighted by atomic mass is 9.93. The molecular formula is C14H26N4OS. The van der Waals surface area contributed by atoms with Crippen molar-refractivity contribution in [2.24, 2.45) is 4.99 Å². The highest BCUT2D eigenvalue weighted by Gasteiger charge is 2.38. The van der Waals surface area contributed by atoms with Crippen molar-refractivity contribution in [3.8, 4) is 0 Å². The molecule has 0 aromatic carbocycles. The second-order valence-electron chi connectivity index (χ2n) is 6.35. The molecule has 0 aromatic heterocycles. The van der Waals surface area contributed by atoms with Gasteiger partial charge < -0.3 is 15.0 Å².